The zero-order valence-corrected chi connectivity index (χ0v) is 10.2. The fourth-order valence-corrected chi connectivity index (χ4v) is 2.25. The molecule has 0 aliphatic heterocycles. The molecule has 1 amide bonds. The van der Waals surface area contributed by atoms with E-state index >= 15 is 0 Å². The topological polar surface area (TPSA) is 55.1 Å². The third kappa shape index (κ3) is 3.82. The quantitative estimate of drug-likeness (QED) is 0.749. The predicted molar refractivity (Wildman–Crippen MR) is 62.5 cm³/mol. The number of carbonyl (C=O) groups excluding carboxylic acids is 1. The van der Waals surface area contributed by atoms with Crippen LogP contribution in [0.4, 0.5) is 0 Å². The van der Waals surface area contributed by atoms with E-state index in [4.69, 9.17) is 5.73 Å². The largest absolute Gasteiger partial charge is 0.349 e. The minimum Gasteiger partial charge on any atom is -0.349 e. The molecule has 0 saturated heterocycles. The van der Waals surface area contributed by atoms with Crippen molar-refractivity contribution in [1.29, 1.82) is 0 Å². The Kier molecular flexibility index (Phi) is 3.77. The molecular weight excluding hydrogens is 188 g/mol. The van der Waals surface area contributed by atoms with Crippen LogP contribution < -0.4 is 11.1 Å². The first kappa shape index (κ1) is 12.5. The van der Waals surface area contributed by atoms with E-state index < -0.39 is 0 Å². The zero-order chi connectivity index (χ0) is 11.5. The van der Waals surface area contributed by atoms with Crippen molar-refractivity contribution in [3.05, 3.63) is 0 Å². The summed E-state index contributed by atoms with van der Waals surface area (Å²) in [6.45, 7) is 6.81. The Morgan fingerprint density at radius 2 is 1.87 bits per heavy atom. The summed E-state index contributed by atoms with van der Waals surface area (Å²) in [5.74, 6) is 0.148. The van der Waals surface area contributed by atoms with Crippen molar-refractivity contribution in [3.63, 3.8) is 0 Å². The Labute approximate surface area is 92.8 Å². The second-order valence-electron chi connectivity index (χ2n) is 5.98. The minimum absolute atomic E-state index is 0.0540. The van der Waals surface area contributed by atoms with Gasteiger partial charge in [0.1, 0.15) is 0 Å². The monoisotopic (exact) mass is 212 g/mol. The van der Waals surface area contributed by atoms with Gasteiger partial charge in [0.25, 0.3) is 0 Å². The zero-order valence-electron chi connectivity index (χ0n) is 10.2. The van der Waals surface area contributed by atoms with Crippen molar-refractivity contribution in [2.24, 2.45) is 11.1 Å². The molecule has 0 heterocycles. The van der Waals surface area contributed by atoms with Gasteiger partial charge in [-0.25, -0.2) is 0 Å². The highest BCUT2D eigenvalue weighted by Gasteiger charge is 2.34. The highest BCUT2D eigenvalue weighted by atomic mass is 16.1. The van der Waals surface area contributed by atoms with Crippen LogP contribution in [0.1, 0.15) is 52.9 Å². The highest BCUT2D eigenvalue weighted by molar-refractivity contribution is 5.77. The van der Waals surface area contributed by atoms with Crippen LogP contribution in [-0.2, 0) is 4.79 Å². The standard InChI is InChI=1S/C12H24N2O/c1-11(2,3)8-10(15)14-12(9-13)6-4-5-7-12/h4-9,13H2,1-3H3,(H,14,15). The lowest BCUT2D eigenvalue weighted by Crippen LogP contribution is -2.52. The first-order valence-corrected chi connectivity index (χ1v) is 5.88. The van der Waals surface area contributed by atoms with Crippen LogP contribution in [-0.4, -0.2) is 18.0 Å². The smallest absolute Gasteiger partial charge is 0.220 e. The Morgan fingerprint density at radius 3 is 2.27 bits per heavy atom. The summed E-state index contributed by atoms with van der Waals surface area (Å²) in [5.41, 5.74) is 5.73. The molecule has 1 rings (SSSR count). The molecule has 3 nitrogen and oxygen atoms in total. The molecule has 3 heteroatoms. The molecule has 0 atom stereocenters. The molecule has 0 bridgehead atoms. The molecule has 1 saturated carbocycles. The van der Waals surface area contributed by atoms with E-state index in [1.807, 2.05) is 0 Å². The summed E-state index contributed by atoms with van der Waals surface area (Å²) in [6.07, 6.45) is 5.04. The van der Waals surface area contributed by atoms with Crippen LogP contribution in [0.3, 0.4) is 0 Å². The van der Waals surface area contributed by atoms with E-state index in [0.29, 0.717) is 13.0 Å². The van der Waals surface area contributed by atoms with Crippen molar-refractivity contribution in [3.8, 4) is 0 Å². The van der Waals surface area contributed by atoms with Crippen molar-refractivity contribution in [2.45, 2.75) is 58.4 Å². The van der Waals surface area contributed by atoms with E-state index in [9.17, 15) is 4.79 Å². The maximum absolute atomic E-state index is 11.8. The van der Waals surface area contributed by atoms with Gasteiger partial charge < -0.3 is 11.1 Å². The lowest BCUT2D eigenvalue weighted by atomic mass is 9.90. The first-order chi connectivity index (χ1) is 6.87. The van der Waals surface area contributed by atoms with Gasteiger partial charge >= 0.3 is 0 Å². The van der Waals surface area contributed by atoms with Gasteiger partial charge in [-0.3, -0.25) is 4.79 Å². The average Bonchev–Trinajstić information content (AvgIpc) is 2.50. The first-order valence-electron chi connectivity index (χ1n) is 5.88. The van der Waals surface area contributed by atoms with E-state index in [1.54, 1.807) is 0 Å². The van der Waals surface area contributed by atoms with Gasteiger partial charge in [0, 0.05) is 13.0 Å². The molecule has 1 aliphatic rings. The molecule has 88 valence electrons. The highest BCUT2D eigenvalue weighted by Crippen LogP contribution is 2.29. The van der Waals surface area contributed by atoms with Crippen LogP contribution in [0.15, 0.2) is 0 Å². The van der Waals surface area contributed by atoms with Crippen molar-refractivity contribution >= 4 is 5.91 Å². The lowest BCUT2D eigenvalue weighted by Gasteiger charge is -2.30. The van der Waals surface area contributed by atoms with Crippen molar-refractivity contribution < 1.29 is 4.79 Å². The second kappa shape index (κ2) is 4.52. The van der Waals surface area contributed by atoms with Crippen molar-refractivity contribution in [1.82, 2.24) is 5.32 Å². The van der Waals surface area contributed by atoms with Crippen molar-refractivity contribution in [2.75, 3.05) is 6.54 Å². The summed E-state index contributed by atoms with van der Waals surface area (Å²) in [6, 6.07) is 0. The summed E-state index contributed by atoms with van der Waals surface area (Å²) in [7, 11) is 0. The van der Waals surface area contributed by atoms with E-state index in [-0.39, 0.29) is 16.9 Å². The summed E-state index contributed by atoms with van der Waals surface area (Å²) in [4.78, 5) is 11.8. The second-order valence-corrected chi connectivity index (χ2v) is 5.98. The Morgan fingerprint density at radius 1 is 1.33 bits per heavy atom. The molecule has 3 N–H and O–H groups in total. The molecule has 15 heavy (non-hydrogen) atoms. The number of amides is 1. The number of hydrogen-bond donors (Lipinski definition) is 2. The van der Waals surface area contributed by atoms with Gasteiger partial charge in [-0.1, -0.05) is 33.6 Å². The van der Waals surface area contributed by atoms with Gasteiger partial charge in [-0.05, 0) is 18.3 Å². The minimum atomic E-state index is -0.0949. The van der Waals surface area contributed by atoms with Gasteiger partial charge in [-0.2, -0.15) is 0 Å². The van der Waals surface area contributed by atoms with E-state index in [2.05, 4.69) is 26.1 Å². The molecular formula is C12H24N2O. The fourth-order valence-electron chi connectivity index (χ4n) is 2.25. The normalized spacial score (nSPS) is 20.3. The summed E-state index contributed by atoms with van der Waals surface area (Å²) in [5, 5.41) is 3.13. The fraction of sp³-hybridized carbons (Fsp3) is 0.917. The van der Waals surface area contributed by atoms with Crippen LogP contribution in [0, 0.1) is 5.41 Å². The number of carbonyl (C=O) groups is 1. The third-order valence-electron chi connectivity index (χ3n) is 3.05. The molecule has 0 aromatic rings. The van der Waals surface area contributed by atoms with Crippen LogP contribution >= 0.6 is 0 Å². The molecule has 0 aromatic carbocycles. The Balaban J connectivity index is 2.49. The van der Waals surface area contributed by atoms with Crippen LogP contribution in [0.2, 0.25) is 0 Å². The van der Waals surface area contributed by atoms with Crippen LogP contribution in [0.25, 0.3) is 0 Å². The van der Waals surface area contributed by atoms with Gasteiger partial charge in [0.05, 0.1) is 5.54 Å². The number of nitrogens with one attached hydrogen (secondary N) is 1. The Bertz CT molecular complexity index is 224. The number of hydrogen-bond acceptors (Lipinski definition) is 2. The predicted octanol–water partition coefficient (Wildman–Crippen LogP) is 1.81. The molecule has 0 spiro atoms. The summed E-state index contributed by atoms with van der Waals surface area (Å²) >= 11 is 0. The van der Waals surface area contributed by atoms with Gasteiger partial charge in [-0.15, -0.1) is 0 Å². The average molecular weight is 212 g/mol. The number of nitrogens with two attached hydrogens (primary N) is 1. The third-order valence-corrected chi connectivity index (χ3v) is 3.05. The lowest BCUT2D eigenvalue weighted by molar-refractivity contribution is -0.124. The molecule has 1 aliphatic carbocycles. The van der Waals surface area contributed by atoms with E-state index in [0.717, 1.165) is 12.8 Å². The molecule has 0 unspecified atom stereocenters. The Hall–Kier alpha value is -0.570. The maximum Gasteiger partial charge on any atom is 0.220 e. The molecule has 1 fully saturated rings. The molecule has 0 aromatic heterocycles. The SMILES string of the molecule is CC(C)(C)CC(=O)NC1(CN)CCCC1. The maximum atomic E-state index is 11.8. The van der Waals surface area contributed by atoms with Crippen LogP contribution in [0.5, 0.6) is 0 Å². The summed E-state index contributed by atoms with van der Waals surface area (Å²) < 4.78 is 0. The van der Waals surface area contributed by atoms with Gasteiger partial charge in [0.2, 0.25) is 5.91 Å². The molecule has 0 radical (unpaired) electrons. The van der Waals surface area contributed by atoms with E-state index in [1.165, 1.54) is 12.8 Å². The number of rotatable bonds is 3. The van der Waals surface area contributed by atoms with Gasteiger partial charge in [0.15, 0.2) is 0 Å².